The molecule has 4 rings (SSSR count). The molecule has 136 valence electrons. The van der Waals surface area contributed by atoms with Crippen molar-refractivity contribution in [3.63, 3.8) is 0 Å². The van der Waals surface area contributed by atoms with Crippen molar-refractivity contribution in [2.75, 3.05) is 23.7 Å². The Morgan fingerprint density at radius 2 is 2.19 bits per heavy atom. The molecule has 0 spiro atoms. The van der Waals surface area contributed by atoms with Crippen molar-refractivity contribution in [1.82, 2.24) is 15.0 Å². The molecule has 0 radical (unpaired) electrons. The van der Waals surface area contributed by atoms with Crippen LogP contribution in [-0.2, 0) is 0 Å². The first-order valence-electron chi connectivity index (χ1n) is 8.52. The number of nitrogens with two attached hydrogens (primary N) is 1. The van der Waals surface area contributed by atoms with Crippen molar-refractivity contribution in [2.24, 2.45) is 0 Å². The van der Waals surface area contributed by atoms with E-state index in [0.29, 0.717) is 41.3 Å². The molecule has 1 fully saturated rings. The fraction of sp³-hybridized carbons (Fsp3) is 0.263. The Bertz CT molecular complexity index is 1030. The van der Waals surface area contributed by atoms with Crippen molar-refractivity contribution in [2.45, 2.75) is 18.9 Å². The van der Waals surface area contributed by atoms with E-state index in [2.05, 4.69) is 16.0 Å². The van der Waals surface area contributed by atoms with Crippen molar-refractivity contribution in [1.29, 1.82) is 5.26 Å². The SMILES string of the molecule is C[C@@]1(O)CCN(c2cccc(-c3nc(-c4nccs4)cc(N)c3C#N)n2)C1. The minimum absolute atomic E-state index is 0.299. The van der Waals surface area contributed by atoms with Crippen LogP contribution in [0, 0.1) is 11.3 Å². The number of aliphatic hydroxyl groups is 1. The van der Waals surface area contributed by atoms with Gasteiger partial charge in [-0.2, -0.15) is 5.26 Å². The molecule has 0 unspecified atom stereocenters. The standard InChI is InChI=1S/C19H18N6OS/c1-19(26)5-7-25(11-19)16-4-2-3-14(23-16)17-12(10-20)13(21)9-15(24-17)18-22-6-8-27-18/h2-4,6,8-9,26H,5,7,11H2,1H3,(H2,21,24)/t19-/m1/s1. The number of aromatic nitrogens is 3. The fourth-order valence-electron chi connectivity index (χ4n) is 3.20. The van der Waals surface area contributed by atoms with Gasteiger partial charge in [0.2, 0.25) is 0 Å². The molecule has 27 heavy (non-hydrogen) atoms. The molecule has 3 aromatic heterocycles. The third-order valence-corrected chi connectivity index (χ3v) is 5.36. The molecule has 0 bridgehead atoms. The first kappa shape index (κ1) is 17.4. The van der Waals surface area contributed by atoms with Gasteiger partial charge in [0.15, 0.2) is 0 Å². The molecule has 0 aliphatic carbocycles. The fourth-order valence-corrected chi connectivity index (χ4v) is 3.80. The van der Waals surface area contributed by atoms with E-state index in [0.717, 1.165) is 17.4 Å². The third-order valence-electron chi connectivity index (χ3n) is 4.57. The Morgan fingerprint density at radius 3 is 2.85 bits per heavy atom. The Kier molecular flexibility index (Phi) is 4.26. The molecule has 0 aromatic carbocycles. The van der Waals surface area contributed by atoms with Crippen LogP contribution in [0.1, 0.15) is 18.9 Å². The zero-order chi connectivity index (χ0) is 19.0. The van der Waals surface area contributed by atoms with E-state index in [1.54, 1.807) is 12.3 Å². The van der Waals surface area contributed by atoms with E-state index in [-0.39, 0.29) is 0 Å². The summed E-state index contributed by atoms with van der Waals surface area (Å²) in [5.41, 5.74) is 7.67. The lowest BCUT2D eigenvalue weighted by atomic mass is 10.1. The molecule has 1 atom stereocenters. The van der Waals surface area contributed by atoms with Gasteiger partial charge in [-0.1, -0.05) is 6.07 Å². The molecule has 8 heteroatoms. The van der Waals surface area contributed by atoms with Crippen LogP contribution < -0.4 is 10.6 Å². The van der Waals surface area contributed by atoms with E-state index in [1.807, 2.05) is 35.4 Å². The molecular formula is C19H18N6OS. The molecule has 1 aliphatic heterocycles. The van der Waals surface area contributed by atoms with Crippen LogP contribution in [0.4, 0.5) is 11.5 Å². The van der Waals surface area contributed by atoms with Gasteiger partial charge < -0.3 is 15.7 Å². The van der Waals surface area contributed by atoms with Gasteiger partial charge in [0.1, 0.15) is 33.8 Å². The zero-order valence-corrected chi connectivity index (χ0v) is 15.6. The maximum absolute atomic E-state index is 10.2. The van der Waals surface area contributed by atoms with E-state index < -0.39 is 5.60 Å². The van der Waals surface area contributed by atoms with Gasteiger partial charge >= 0.3 is 0 Å². The van der Waals surface area contributed by atoms with Gasteiger partial charge in [0.05, 0.1) is 17.0 Å². The quantitative estimate of drug-likeness (QED) is 0.720. The normalized spacial score (nSPS) is 19.2. The minimum atomic E-state index is -0.719. The number of nitrogens with zero attached hydrogens (tertiary/aromatic N) is 5. The number of thiazole rings is 1. The van der Waals surface area contributed by atoms with Gasteiger partial charge in [-0.05, 0) is 31.5 Å². The molecular weight excluding hydrogens is 360 g/mol. The smallest absolute Gasteiger partial charge is 0.141 e. The van der Waals surface area contributed by atoms with Gasteiger partial charge in [-0.15, -0.1) is 11.3 Å². The summed E-state index contributed by atoms with van der Waals surface area (Å²) in [5, 5.41) is 22.4. The average molecular weight is 378 g/mol. The lowest BCUT2D eigenvalue weighted by Gasteiger charge is -2.20. The first-order chi connectivity index (χ1) is 13.0. The van der Waals surface area contributed by atoms with Crippen LogP contribution in [0.25, 0.3) is 22.1 Å². The van der Waals surface area contributed by atoms with Crippen LogP contribution in [0.15, 0.2) is 35.8 Å². The predicted molar refractivity (Wildman–Crippen MR) is 105 cm³/mol. The second-order valence-electron chi connectivity index (χ2n) is 6.82. The number of hydrogen-bond acceptors (Lipinski definition) is 8. The van der Waals surface area contributed by atoms with Crippen molar-refractivity contribution < 1.29 is 5.11 Å². The predicted octanol–water partition coefficient (Wildman–Crippen LogP) is 2.68. The van der Waals surface area contributed by atoms with Gasteiger partial charge in [0.25, 0.3) is 0 Å². The number of β-amino-alcohol motifs (C(OH)–C–C–N with tert-alkyl or cyclic N) is 1. The first-order valence-corrected chi connectivity index (χ1v) is 9.40. The number of nitriles is 1. The maximum Gasteiger partial charge on any atom is 0.141 e. The second kappa shape index (κ2) is 6.61. The molecule has 0 saturated carbocycles. The minimum Gasteiger partial charge on any atom is -0.398 e. The number of hydrogen-bond donors (Lipinski definition) is 2. The Balaban J connectivity index is 1.79. The Morgan fingerprint density at radius 1 is 1.33 bits per heavy atom. The summed E-state index contributed by atoms with van der Waals surface area (Å²) in [5.74, 6) is 0.745. The topological polar surface area (TPSA) is 112 Å². The lowest BCUT2D eigenvalue weighted by Crippen LogP contribution is -2.30. The highest BCUT2D eigenvalue weighted by molar-refractivity contribution is 7.13. The number of nitrogen functional groups attached to an aromatic ring is 1. The van der Waals surface area contributed by atoms with E-state index in [9.17, 15) is 10.4 Å². The molecule has 7 nitrogen and oxygen atoms in total. The second-order valence-corrected chi connectivity index (χ2v) is 7.71. The third kappa shape index (κ3) is 3.35. The molecule has 1 saturated heterocycles. The highest BCUT2D eigenvalue weighted by Gasteiger charge is 2.32. The van der Waals surface area contributed by atoms with E-state index in [1.165, 1.54) is 11.3 Å². The van der Waals surface area contributed by atoms with Gasteiger partial charge in [-0.25, -0.2) is 15.0 Å². The van der Waals surface area contributed by atoms with Crippen molar-refractivity contribution >= 4 is 22.8 Å². The summed E-state index contributed by atoms with van der Waals surface area (Å²) in [7, 11) is 0. The van der Waals surface area contributed by atoms with Crippen molar-refractivity contribution in [3.8, 4) is 28.2 Å². The molecule has 3 aromatic rings. The summed E-state index contributed by atoms with van der Waals surface area (Å²) < 4.78 is 0. The zero-order valence-electron chi connectivity index (χ0n) is 14.8. The molecule has 1 aliphatic rings. The highest BCUT2D eigenvalue weighted by Crippen LogP contribution is 2.32. The Labute approximate surface area is 160 Å². The van der Waals surface area contributed by atoms with Crippen LogP contribution in [0.5, 0.6) is 0 Å². The lowest BCUT2D eigenvalue weighted by molar-refractivity contribution is 0.0839. The largest absolute Gasteiger partial charge is 0.398 e. The number of anilines is 2. The molecule has 0 amide bonds. The molecule has 3 N–H and O–H groups in total. The summed E-state index contributed by atoms with van der Waals surface area (Å²) in [6.07, 6.45) is 2.39. The highest BCUT2D eigenvalue weighted by atomic mass is 32.1. The Hall–Kier alpha value is -3.02. The van der Waals surface area contributed by atoms with Gasteiger partial charge in [0, 0.05) is 24.7 Å². The summed E-state index contributed by atoms with van der Waals surface area (Å²) in [6.45, 7) is 3.07. The van der Waals surface area contributed by atoms with E-state index >= 15 is 0 Å². The number of rotatable bonds is 3. The van der Waals surface area contributed by atoms with Crippen LogP contribution >= 0.6 is 11.3 Å². The maximum atomic E-state index is 10.2. The van der Waals surface area contributed by atoms with Crippen LogP contribution in [-0.4, -0.2) is 38.7 Å². The van der Waals surface area contributed by atoms with Crippen LogP contribution in [0.2, 0.25) is 0 Å². The van der Waals surface area contributed by atoms with Crippen molar-refractivity contribution in [3.05, 3.63) is 41.4 Å². The summed E-state index contributed by atoms with van der Waals surface area (Å²) >= 11 is 1.46. The number of pyridine rings is 2. The van der Waals surface area contributed by atoms with E-state index in [4.69, 9.17) is 10.7 Å². The monoisotopic (exact) mass is 378 g/mol. The summed E-state index contributed by atoms with van der Waals surface area (Å²) in [4.78, 5) is 15.6. The van der Waals surface area contributed by atoms with Gasteiger partial charge in [-0.3, -0.25) is 0 Å². The van der Waals surface area contributed by atoms with Crippen LogP contribution in [0.3, 0.4) is 0 Å². The summed E-state index contributed by atoms with van der Waals surface area (Å²) in [6, 6.07) is 9.39. The average Bonchev–Trinajstić information content (AvgIpc) is 3.31. The molecule has 4 heterocycles.